The van der Waals surface area contributed by atoms with Gasteiger partial charge in [-0.3, -0.25) is 14.3 Å². The van der Waals surface area contributed by atoms with E-state index in [-0.39, 0.29) is 37.6 Å². The number of likely N-dealkylation sites (tertiary alicyclic amines) is 1. The number of nitrogens with zero attached hydrogens (tertiary/aromatic N) is 3. The molecule has 6 nitrogen and oxygen atoms in total. The summed E-state index contributed by atoms with van der Waals surface area (Å²) in [5, 5.41) is 4.03. The zero-order chi connectivity index (χ0) is 20.1. The number of aromatic nitrogens is 2. The Morgan fingerprint density at radius 3 is 2.82 bits per heavy atom. The van der Waals surface area contributed by atoms with E-state index in [0.29, 0.717) is 19.4 Å². The molecule has 28 heavy (non-hydrogen) atoms. The molecular weight excluding hydrogens is 368 g/mol. The van der Waals surface area contributed by atoms with Crippen molar-refractivity contribution >= 4 is 11.9 Å². The molecule has 1 aromatic carbocycles. The van der Waals surface area contributed by atoms with Gasteiger partial charge in [-0.1, -0.05) is 6.07 Å². The molecule has 2 aromatic rings. The van der Waals surface area contributed by atoms with E-state index in [1.807, 2.05) is 0 Å². The average molecular weight is 391 g/mol. The Balaban J connectivity index is 1.83. The summed E-state index contributed by atoms with van der Waals surface area (Å²) in [6.07, 6.45) is 4.38. The van der Waals surface area contributed by atoms with Crippen molar-refractivity contribution in [2.24, 2.45) is 5.41 Å². The number of ether oxygens (including phenoxy) is 1. The summed E-state index contributed by atoms with van der Waals surface area (Å²) in [4.78, 5) is 27.1. The molecule has 0 aliphatic carbocycles. The maximum atomic E-state index is 14.2. The summed E-state index contributed by atoms with van der Waals surface area (Å²) in [5.74, 6) is -2.01. The number of benzene rings is 1. The molecule has 0 spiro atoms. The minimum absolute atomic E-state index is 0.0451. The van der Waals surface area contributed by atoms with Crippen LogP contribution in [-0.4, -0.2) is 46.3 Å². The average Bonchev–Trinajstić information content (AvgIpc) is 3.17. The van der Waals surface area contributed by atoms with E-state index >= 15 is 0 Å². The maximum absolute atomic E-state index is 14.2. The smallest absolute Gasteiger partial charge is 0.314 e. The molecule has 1 aliphatic heterocycles. The molecule has 1 saturated heterocycles. The molecule has 0 unspecified atom stereocenters. The number of hydrogen-bond acceptors (Lipinski definition) is 4. The van der Waals surface area contributed by atoms with Crippen LogP contribution < -0.4 is 0 Å². The lowest BCUT2D eigenvalue weighted by Gasteiger charge is -2.41. The molecule has 1 atom stereocenters. The summed E-state index contributed by atoms with van der Waals surface area (Å²) in [7, 11) is 0. The Kier molecular flexibility index (Phi) is 6.06. The molecule has 0 N–H and O–H groups in total. The quantitative estimate of drug-likeness (QED) is 0.710. The monoisotopic (exact) mass is 391 g/mol. The lowest BCUT2D eigenvalue weighted by atomic mass is 9.75. The van der Waals surface area contributed by atoms with Crippen LogP contribution >= 0.6 is 0 Å². The molecule has 2 heterocycles. The van der Waals surface area contributed by atoms with Gasteiger partial charge in [0.25, 0.3) is 0 Å². The second-order valence-corrected chi connectivity index (χ2v) is 7.04. The van der Waals surface area contributed by atoms with E-state index in [1.54, 1.807) is 30.3 Å². The fraction of sp³-hybridized carbons (Fsp3) is 0.450. The van der Waals surface area contributed by atoms with E-state index in [1.165, 1.54) is 16.8 Å². The van der Waals surface area contributed by atoms with Crippen LogP contribution in [0, 0.1) is 17.0 Å². The number of halogens is 2. The van der Waals surface area contributed by atoms with Gasteiger partial charge in [0.1, 0.15) is 18.2 Å². The molecule has 0 bridgehead atoms. The molecule has 1 aromatic heterocycles. The Morgan fingerprint density at radius 2 is 2.14 bits per heavy atom. The highest BCUT2D eigenvalue weighted by Crippen LogP contribution is 2.36. The highest BCUT2D eigenvalue weighted by molar-refractivity contribution is 5.81. The van der Waals surface area contributed by atoms with E-state index in [0.717, 1.165) is 6.07 Å². The van der Waals surface area contributed by atoms with Crippen molar-refractivity contribution in [1.29, 1.82) is 0 Å². The summed E-state index contributed by atoms with van der Waals surface area (Å²) in [6, 6.07) is 5.04. The van der Waals surface area contributed by atoms with E-state index in [9.17, 15) is 18.4 Å². The summed E-state index contributed by atoms with van der Waals surface area (Å²) < 4.78 is 34.3. The van der Waals surface area contributed by atoms with Crippen molar-refractivity contribution < 1.29 is 23.1 Å². The largest absolute Gasteiger partial charge is 0.466 e. The van der Waals surface area contributed by atoms with Crippen LogP contribution in [0.5, 0.6) is 0 Å². The van der Waals surface area contributed by atoms with Crippen LogP contribution in [-0.2, 0) is 27.3 Å². The first-order chi connectivity index (χ1) is 13.4. The van der Waals surface area contributed by atoms with Gasteiger partial charge in [-0.05, 0) is 43.9 Å². The third-order valence-corrected chi connectivity index (χ3v) is 5.04. The molecule has 1 aliphatic rings. The lowest BCUT2D eigenvalue weighted by Crippen LogP contribution is -2.52. The zero-order valence-electron chi connectivity index (χ0n) is 15.7. The van der Waals surface area contributed by atoms with Gasteiger partial charge in [0, 0.05) is 31.5 Å². The molecule has 1 fully saturated rings. The highest BCUT2D eigenvalue weighted by Gasteiger charge is 2.45. The van der Waals surface area contributed by atoms with Crippen LogP contribution in [0.4, 0.5) is 8.78 Å². The van der Waals surface area contributed by atoms with E-state index < -0.39 is 23.0 Å². The minimum Gasteiger partial charge on any atom is -0.466 e. The summed E-state index contributed by atoms with van der Waals surface area (Å²) >= 11 is 0. The predicted molar refractivity (Wildman–Crippen MR) is 97.2 cm³/mol. The van der Waals surface area contributed by atoms with Gasteiger partial charge in [0.05, 0.1) is 12.0 Å². The van der Waals surface area contributed by atoms with E-state index in [2.05, 4.69) is 5.10 Å². The van der Waals surface area contributed by atoms with Crippen molar-refractivity contribution in [3.8, 4) is 0 Å². The standard InChI is InChI=1S/C20H23F2N3O3/c1-2-28-19(27)20(12-15-5-6-16(21)11-17(15)22)7-3-9-24(14-20)18(26)13-25-10-4-8-23-25/h4-6,8,10-11H,2-3,7,9,12-14H2,1H3/t20-/m0/s1. The number of piperidine rings is 1. The second kappa shape index (κ2) is 8.50. The highest BCUT2D eigenvalue weighted by atomic mass is 19.1. The van der Waals surface area contributed by atoms with Crippen molar-refractivity contribution in [3.63, 3.8) is 0 Å². The maximum Gasteiger partial charge on any atom is 0.314 e. The normalized spacial score (nSPS) is 19.5. The lowest BCUT2D eigenvalue weighted by molar-refractivity contribution is -0.161. The fourth-order valence-corrected chi connectivity index (χ4v) is 3.67. The molecular formula is C20H23F2N3O3. The molecule has 1 amide bonds. The first-order valence-electron chi connectivity index (χ1n) is 9.30. The number of hydrogen-bond donors (Lipinski definition) is 0. The topological polar surface area (TPSA) is 64.4 Å². The second-order valence-electron chi connectivity index (χ2n) is 7.04. The van der Waals surface area contributed by atoms with Gasteiger partial charge in [0.15, 0.2) is 0 Å². The van der Waals surface area contributed by atoms with Gasteiger partial charge in [0.2, 0.25) is 5.91 Å². The number of carbonyl (C=O) groups excluding carboxylic acids is 2. The third kappa shape index (κ3) is 4.37. The Hall–Kier alpha value is -2.77. The van der Waals surface area contributed by atoms with E-state index in [4.69, 9.17) is 4.74 Å². The number of carbonyl (C=O) groups is 2. The Labute approximate surface area is 162 Å². The SMILES string of the molecule is CCOC(=O)[C@]1(Cc2ccc(F)cc2F)CCCN(C(=O)Cn2cccn2)C1. The van der Waals surface area contributed by atoms with Gasteiger partial charge in [-0.15, -0.1) is 0 Å². The first-order valence-corrected chi connectivity index (χ1v) is 9.30. The Bertz CT molecular complexity index is 841. The molecule has 8 heteroatoms. The van der Waals surface area contributed by atoms with Crippen molar-refractivity contribution in [2.45, 2.75) is 32.7 Å². The zero-order valence-corrected chi connectivity index (χ0v) is 15.7. The van der Waals surface area contributed by atoms with Gasteiger partial charge < -0.3 is 9.64 Å². The van der Waals surface area contributed by atoms with Crippen LogP contribution in [0.15, 0.2) is 36.7 Å². The predicted octanol–water partition coefficient (Wildman–Crippen LogP) is 2.58. The van der Waals surface area contributed by atoms with Crippen molar-refractivity contribution in [3.05, 3.63) is 53.9 Å². The van der Waals surface area contributed by atoms with Crippen LogP contribution in [0.2, 0.25) is 0 Å². The van der Waals surface area contributed by atoms with Crippen LogP contribution in [0.25, 0.3) is 0 Å². The van der Waals surface area contributed by atoms with Crippen LogP contribution in [0.3, 0.4) is 0 Å². The molecule has 3 rings (SSSR count). The first kappa shape index (κ1) is 20.0. The van der Waals surface area contributed by atoms with Gasteiger partial charge in [-0.2, -0.15) is 5.10 Å². The minimum atomic E-state index is -1.06. The fourth-order valence-electron chi connectivity index (χ4n) is 3.67. The third-order valence-electron chi connectivity index (χ3n) is 5.04. The summed E-state index contributed by atoms with van der Waals surface area (Å²) in [5.41, 5.74) is -0.831. The molecule has 0 radical (unpaired) electrons. The number of amides is 1. The van der Waals surface area contributed by atoms with Gasteiger partial charge >= 0.3 is 5.97 Å². The van der Waals surface area contributed by atoms with Crippen molar-refractivity contribution in [2.75, 3.05) is 19.7 Å². The summed E-state index contributed by atoms with van der Waals surface area (Å²) in [6.45, 7) is 2.59. The molecule has 0 saturated carbocycles. The molecule has 150 valence electrons. The number of esters is 1. The Morgan fingerprint density at radius 1 is 1.32 bits per heavy atom. The number of rotatable bonds is 6. The van der Waals surface area contributed by atoms with Crippen LogP contribution in [0.1, 0.15) is 25.3 Å². The van der Waals surface area contributed by atoms with Crippen molar-refractivity contribution in [1.82, 2.24) is 14.7 Å². The van der Waals surface area contributed by atoms with Gasteiger partial charge in [-0.25, -0.2) is 8.78 Å².